The Morgan fingerprint density at radius 2 is 1.63 bits per heavy atom. The summed E-state index contributed by atoms with van der Waals surface area (Å²) in [6, 6.07) is 19.9. The number of amides is 4. The average Bonchev–Trinajstić information content (AvgIpc) is 2.88. The van der Waals surface area contributed by atoms with E-state index in [4.69, 9.17) is 9.47 Å². The first-order chi connectivity index (χ1) is 17.0. The van der Waals surface area contributed by atoms with Gasteiger partial charge in [0.2, 0.25) is 11.8 Å². The number of hydrogen-bond acceptors (Lipinski definition) is 5. The molecule has 1 heterocycles. The minimum absolute atomic E-state index is 0.157. The van der Waals surface area contributed by atoms with Crippen molar-refractivity contribution in [2.45, 2.75) is 12.5 Å². The van der Waals surface area contributed by atoms with Gasteiger partial charge in [0.05, 0.1) is 25.6 Å². The van der Waals surface area contributed by atoms with Crippen LogP contribution in [-0.4, -0.2) is 44.7 Å². The van der Waals surface area contributed by atoms with Crippen LogP contribution >= 0.6 is 0 Å². The van der Waals surface area contributed by atoms with Crippen molar-refractivity contribution in [1.29, 1.82) is 0 Å². The number of ether oxygens (including phenoxy) is 2. The van der Waals surface area contributed by atoms with Gasteiger partial charge in [-0.25, -0.2) is 4.79 Å². The van der Waals surface area contributed by atoms with Crippen LogP contribution in [0.1, 0.15) is 5.56 Å². The van der Waals surface area contributed by atoms with Crippen LogP contribution in [0.2, 0.25) is 0 Å². The molecule has 0 aliphatic carbocycles. The van der Waals surface area contributed by atoms with Gasteiger partial charge >= 0.3 is 6.03 Å². The van der Waals surface area contributed by atoms with Gasteiger partial charge in [-0.05, 0) is 17.7 Å². The Bertz CT molecular complexity index is 1210. The topological polar surface area (TPSA) is 109 Å². The summed E-state index contributed by atoms with van der Waals surface area (Å²) < 4.78 is 10.6. The summed E-state index contributed by atoms with van der Waals surface area (Å²) in [4.78, 5) is 40.1. The second-order valence-electron chi connectivity index (χ2n) is 7.93. The van der Waals surface area contributed by atoms with Crippen LogP contribution in [0.15, 0.2) is 72.8 Å². The molecule has 0 bridgehead atoms. The highest BCUT2D eigenvalue weighted by molar-refractivity contribution is 6.10. The SMILES string of the molecule is COc1cc(NC(=O)[C@@H](Cc2ccccc2)NC(=O)N2CC(=O)Nc3ccccc32)cc(OC)c1. The molecular formula is C26H26N4O5. The summed E-state index contributed by atoms with van der Waals surface area (Å²) in [6.07, 6.45) is 0.251. The number of hydrogen-bond donors (Lipinski definition) is 3. The van der Waals surface area contributed by atoms with Gasteiger partial charge in [0.25, 0.3) is 0 Å². The van der Waals surface area contributed by atoms with Crippen LogP contribution in [-0.2, 0) is 16.0 Å². The zero-order valence-electron chi connectivity index (χ0n) is 19.4. The lowest BCUT2D eigenvalue weighted by Crippen LogP contribution is -2.53. The molecule has 3 aromatic carbocycles. The van der Waals surface area contributed by atoms with E-state index in [1.807, 2.05) is 30.3 Å². The van der Waals surface area contributed by atoms with Gasteiger partial charge in [0, 0.05) is 30.3 Å². The van der Waals surface area contributed by atoms with E-state index < -0.39 is 18.0 Å². The summed E-state index contributed by atoms with van der Waals surface area (Å²) in [5.74, 6) is 0.289. The molecule has 180 valence electrons. The van der Waals surface area contributed by atoms with Crippen molar-refractivity contribution in [3.63, 3.8) is 0 Å². The van der Waals surface area contributed by atoms with Crippen molar-refractivity contribution in [2.24, 2.45) is 0 Å². The Kier molecular flexibility index (Phi) is 7.15. The Morgan fingerprint density at radius 1 is 0.971 bits per heavy atom. The molecule has 4 amide bonds. The number of benzene rings is 3. The second kappa shape index (κ2) is 10.6. The number of rotatable bonds is 7. The zero-order valence-corrected chi connectivity index (χ0v) is 19.4. The van der Waals surface area contributed by atoms with Gasteiger partial charge in [-0.15, -0.1) is 0 Å². The number of urea groups is 1. The van der Waals surface area contributed by atoms with Crippen molar-refractivity contribution in [3.05, 3.63) is 78.4 Å². The maximum absolute atomic E-state index is 13.3. The summed E-state index contributed by atoms with van der Waals surface area (Å²) in [6.45, 7) is -0.157. The number of anilines is 3. The summed E-state index contributed by atoms with van der Waals surface area (Å²) in [5.41, 5.74) is 2.42. The fraction of sp³-hybridized carbons (Fsp3) is 0.192. The fourth-order valence-electron chi connectivity index (χ4n) is 3.81. The third-order valence-corrected chi connectivity index (χ3v) is 5.53. The van der Waals surface area contributed by atoms with Crippen molar-refractivity contribution in [1.82, 2.24) is 5.32 Å². The molecule has 1 aliphatic rings. The van der Waals surface area contributed by atoms with Crippen LogP contribution in [0, 0.1) is 0 Å². The number of para-hydroxylation sites is 2. The smallest absolute Gasteiger partial charge is 0.323 e. The van der Waals surface area contributed by atoms with E-state index in [-0.39, 0.29) is 18.9 Å². The van der Waals surface area contributed by atoms with E-state index in [1.165, 1.54) is 19.1 Å². The van der Waals surface area contributed by atoms with Crippen LogP contribution in [0.25, 0.3) is 0 Å². The van der Waals surface area contributed by atoms with Gasteiger partial charge in [0.1, 0.15) is 24.1 Å². The molecule has 4 rings (SSSR count). The predicted octanol–water partition coefficient (Wildman–Crippen LogP) is 3.42. The van der Waals surface area contributed by atoms with Gasteiger partial charge in [-0.2, -0.15) is 0 Å². The highest BCUT2D eigenvalue weighted by Gasteiger charge is 2.30. The van der Waals surface area contributed by atoms with E-state index in [0.717, 1.165) is 5.56 Å². The molecule has 0 saturated heterocycles. The lowest BCUT2D eigenvalue weighted by atomic mass is 10.1. The third kappa shape index (κ3) is 5.70. The van der Waals surface area contributed by atoms with E-state index in [9.17, 15) is 14.4 Å². The highest BCUT2D eigenvalue weighted by Crippen LogP contribution is 2.29. The number of carbonyl (C=O) groups is 3. The number of nitrogens with one attached hydrogen (secondary N) is 3. The van der Waals surface area contributed by atoms with Crippen LogP contribution in [0.5, 0.6) is 11.5 Å². The Morgan fingerprint density at radius 3 is 2.31 bits per heavy atom. The van der Waals surface area contributed by atoms with Crippen LogP contribution < -0.4 is 30.3 Å². The molecule has 3 aromatic rings. The van der Waals surface area contributed by atoms with Gasteiger partial charge < -0.3 is 25.4 Å². The van der Waals surface area contributed by atoms with E-state index in [0.29, 0.717) is 28.6 Å². The number of nitrogens with zero attached hydrogens (tertiary/aromatic N) is 1. The van der Waals surface area contributed by atoms with E-state index >= 15 is 0 Å². The molecule has 1 aliphatic heterocycles. The Labute approximate surface area is 203 Å². The van der Waals surface area contributed by atoms with Crippen LogP contribution in [0.4, 0.5) is 21.9 Å². The Hall–Kier alpha value is -4.53. The van der Waals surface area contributed by atoms with Crippen molar-refractivity contribution in [2.75, 3.05) is 36.3 Å². The van der Waals surface area contributed by atoms with E-state index in [1.54, 1.807) is 42.5 Å². The first-order valence-corrected chi connectivity index (χ1v) is 11.0. The van der Waals surface area contributed by atoms with Gasteiger partial charge in [-0.3, -0.25) is 14.5 Å². The molecule has 9 nitrogen and oxygen atoms in total. The minimum atomic E-state index is -0.917. The van der Waals surface area contributed by atoms with Crippen molar-refractivity contribution in [3.8, 4) is 11.5 Å². The Balaban J connectivity index is 1.58. The lowest BCUT2D eigenvalue weighted by molar-refractivity contribution is -0.118. The number of carbonyl (C=O) groups excluding carboxylic acids is 3. The molecule has 0 spiro atoms. The molecular weight excluding hydrogens is 448 g/mol. The van der Waals surface area contributed by atoms with E-state index in [2.05, 4.69) is 16.0 Å². The standard InChI is InChI=1S/C26H26N4O5/c1-34-19-13-18(14-20(15-19)35-2)27-25(32)22(12-17-8-4-3-5-9-17)29-26(33)30-16-24(31)28-21-10-6-7-11-23(21)30/h3-11,13-15,22H,12,16H2,1-2H3,(H,27,32)(H,28,31)(H,29,33)/t22-/m1/s1. The molecule has 1 atom stereocenters. The molecule has 3 N–H and O–H groups in total. The number of fused-ring (bicyclic) bond motifs is 1. The molecule has 0 radical (unpaired) electrons. The first-order valence-electron chi connectivity index (χ1n) is 11.0. The lowest BCUT2D eigenvalue weighted by Gasteiger charge is -2.30. The maximum Gasteiger partial charge on any atom is 0.323 e. The third-order valence-electron chi connectivity index (χ3n) is 5.53. The van der Waals surface area contributed by atoms with Crippen molar-refractivity contribution < 1.29 is 23.9 Å². The monoisotopic (exact) mass is 474 g/mol. The normalized spacial score (nSPS) is 13.2. The largest absolute Gasteiger partial charge is 0.497 e. The summed E-state index contributed by atoms with van der Waals surface area (Å²) in [5, 5.41) is 8.39. The predicted molar refractivity (Wildman–Crippen MR) is 133 cm³/mol. The van der Waals surface area contributed by atoms with Crippen LogP contribution in [0.3, 0.4) is 0 Å². The average molecular weight is 475 g/mol. The summed E-state index contributed by atoms with van der Waals surface area (Å²) in [7, 11) is 3.04. The summed E-state index contributed by atoms with van der Waals surface area (Å²) >= 11 is 0. The first kappa shape index (κ1) is 23.6. The molecule has 0 aromatic heterocycles. The second-order valence-corrected chi connectivity index (χ2v) is 7.93. The molecule has 0 fully saturated rings. The molecule has 35 heavy (non-hydrogen) atoms. The van der Waals surface area contributed by atoms with Gasteiger partial charge in [-0.1, -0.05) is 42.5 Å². The van der Waals surface area contributed by atoms with Gasteiger partial charge in [0.15, 0.2) is 0 Å². The fourth-order valence-corrected chi connectivity index (χ4v) is 3.81. The quantitative estimate of drug-likeness (QED) is 0.486. The molecule has 9 heteroatoms. The minimum Gasteiger partial charge on any atom is -0.497 e. The molecule has 0 saturated carbocycles. The number of methoxy groups -OCH3 is 2. The zero-order chi connectivity index (χ0) is 24.8. The highest BCUT2D eigenvalue weighted by atomic mass is 16.5. The van der Waals surface area contributed by atoms with Crippen molar-refractivity contribution >= 4 is 34.9 Å². The maximum atomic E-state index is 13.3. The molecule has 0 unspecified atom stereocenters.